The molecule has 0 atom stereocenters. The highest BCUT2D eigenvalue weighted by molar-refractivity contribution is 5.87. The highest BCUT2D eigenvalue weighted by atomic mass is 16.5. The molecule has 32 heavy (non-hydrogen) atoms. The lowest BCUT2D eigenvalue weighted by atomic mass is 9.96. The van der Waals surface area contributed by atoms with Gasteiger partial charge < -0.3 is 9.15 Å². The summed E-state index contributed by atoms with van der Waals surface area (Å²) in [4.78, 5) is 15.2. The summed E-state index contributed by atoms with van der Waals surface area (Å²) in [6.07, 6.45) is 1.56. The monoisotopic (exact) mass is 425 g/mol. The molecule has 1 aliphatic rings. The molecule has 0 N–H and O–H groups in total. The molecule has 0 spiro atoms. The van der Waals surface area contributed by atoms with Gasteiger partial charge in [0.25, 0.3) is 0 Å². The van der Waals surface area contributed by atoms with Crippen molar-refractivity contribution < 1.29 is 9.15 Å². The number of benzene rings is 3. The van der Waals surface area contributed by atoms with Crippen molar-refractivity contribution in [3.63, 3.8) is 0 Å². The molecule has 1 aliphatic heterocycles. The lowest BCUT2D eigenvalue weighted by Crippen LogP contribution is -2.34. The highest BCUT2D eigenvalue weighted by Crippen LogP contribution is 2.36. The van der Waals surface area contributed by atoms with E-state index in [0.717, 1.165) is 58.5 Å². The Morgan fingerprint density at radius 3 is 2.31 bits per heavy atom. The zero-order valence-corrected chi connectivity index (χ0v) is 18.6. The summed E-state index contributed by atoms with van der Waals surface area (Å²) in [7, 11) is 0. The van der Waals surface area contributed by atoms with Gasteiger partial charge >= 0.3 is 5.63 Å². The van der Waals surface area contributed by atoms with Crippen molar-refractivity contribution in [2.24, 2.45) is 0 Å². The number of ether oxygens (including phenoxy) is 1. The summed E-state index contributed by atoms with van der Waals surface area (Å²) in [6.45, 7) is 6.32. The van der Waals surface area contributed by atoms with Gasteiger partial charge in [0.2, 0.25) is 0 Å². The molecule has 0 unspecified atom stereocenters. The number of aryl methyl sites for hydroxylation is 2. The number of rotatable bonds is 5. The van der Waals surface area contributed by atoms with E-state index < -0.39 is 0 Å². The van der Waals surface area contributed by atoms with E-state index in [-0.39, 0.29) is 5.63 Å². The summed E-state index contributed by atoms with van der Waals surface area (Å²) in [5.41, 5.74) is 6.59. The Morgan fingerprint density at radius 2 is 1.59 bits per heavy atom. The van der Waals surface area contributed by atoms with E-state index in [1.165, 1.54) is 5.56 Å². The van der Waals surface area contributed by atoms with Crippen LogP contribution >= 0.6 is 0 Å². The lowest BCUT2D eigenvalue weighted by Gasteiger charge is -2.30. The minimum Gasteiger partial charge on any atom is -0.477 e. The minimum atomic E-state index is -0.262. The average Bonchev–Trinajstić information content (AvgIpc) is 2.83. The molecule has 4 heteroatoms. The van der Waals surface area contributed by atoms with Crippen LogP contribution in [0.2, 0.25) is 0 Å². The molecular weight excluding hydrogens is 398 g/mol. The standard InChI is InChI=1S/C28H27NO3/c1-19-24-16-23-17-29(14-13-21-9-5-3-6-10-21)18-31-26(23)20(2)27(24)32-28(30)25(19)15-22-11-7-4-8-12-22/h3-12,16H,13-15,17-18H2,1-2H3. The number of fused-ring (bicyclic) bond motifs is 2. The maximum atomic E-state index is 12.8. The van der Waals surface area contributed by atoms with Crippen LogP contribution < -0.4 is 10.4 Å². The number of hydrogen-bond acceptors (Lipinski definition) is 4. The van der Waals surface area contributed by atoms with Crippen LogP contribution in [0.25, 0.3) is 11.0 Å². The van der Waals surface area contributed by atoms with Crippen LogP contribution in [0.3, 0.4) is 0 Å². The van der Waals surface area contributed by atoms with Crippen molar-refractivity contribution in [3.8, 4) is 5.75 Å². The molecule has 0 saturated heterocycles. The van der Waals surface area contributed by atoms with Crippen molar-refractivity contribution in [3.05, 3.63) is 111 Å². The Hall–Kier alpha value is -3.37. The molecule has 0 radical (unpaired) electrons. The van der Waals surface area contributed by atoms with Gasteiger partial charge in [-0.15, -0.1) is 0 Å². The molecule has 0 bridgehead atoms. The number of hydrogen-bond donors (Lipinski definition) is 0. The van der Waals surface area contributed by atoms with Crippen LogP contribution in [-0.2, 0) is 19.4 Å². The van der Waals surface area contributed by atoms with Gasteiger partial charge in [0.1, 0.15) is 18.1 Å². The van der Waals surface area contributed by atoms with Crippen molar-refractivity contribution in [2.75, 3.05) is 13.3 Å². The van der Waals surface area contributed by atoms with E-state index in [9.17, 15) is 4.79 Å². The van der Waals surface area contributed by atoms with Crippen LogP contribution in [0.1, 0.15) is 33.4 Å². The average molecular weight is 426 g/mol. The Bertz CT molecular complexity index is 1310. The fraction of sp³-hybridized carbons (Fsp3) is 0.250. The van der Waals surface area contributed by atoms with Gasteiger partial charge in [-0.3, -0.25) is 4.90 Å². The van der Waals surface area contributed by atoms with Crippen LogP contribution in [0.4, 0.5) is 0 Å². The smallest absolute Gasteiger partial charge is 0.340 e. The summed E-state index contributed by atoms with van der Waals surface area (Å²) in [5, 5.41) is 1.00. The third-order valence-electron chi connectivity index (χ3n) is 6.40. The topological polar surface area (TPSA) is 42.7 Å². The Labute approximate surface area is 188 Å². The first kappa shape index (κ1) is 20.5. The van der Waals surface area contributed by atoms with E-state index in [1.807, 2.05) is 50.2 Å². The van der Waals surface area contributed by atoms with E-state index in [4.69, 9.17) is 9.15 Å². The van der Waals surface area contributed by atoms with Gasteiger partial charge in [0.05, 0.1) is 0 Å². The summed E-state index contributed by atoms with van der Waals surface area (Å²) in [5.74, 6) is 0.854. The lowest BCUT2D eigenvalue weighted by molar-refractivity contribution is 0.0959. The van der Waals surface area contributed by atoms with Gasteiger partial charge in [0, 0.05) is 41.6 Å². The van der Waals surface area contributed by atoms with Crippen molar-refractivity contribution in [1.29, 1.82) is 0 Å². The third-order valence-corrected chi connectivity index (χ3v) is 6.40. The summed E-state index contributed by atoms with van der Waals surface area (Å²) < 4.78 is 12.0. The fourth-order valence-electron chi connectivity index (χ4n) is 4.57. The van der Waals surface area contributed by atoms with E-state index in [1.54, 1.807) is 0 Å². The SMILES string of the molecule is Cc1c(Cc2ccccc2)c(=O)oc2c(C)c3c(cc12)CN(CCc1ccccc1)CO3. The molecule has 0 fully saturated rings. The van der Waals surface area contributed by atoms with Crippen LogP contribution in [-0.4, -0.2) is 18.2 Å². The first-order valence-electron chi connectivity index (χ1n) is 11.1. The first-order chi connectivity index (χ1) is 15.6. The molecule has 5 rings (SSSR count). The molecule has 0 amide bonds. The molecule has 162 valence electrons. The van der Waals surface area contributed by atoms with Gasteiger partial charge in [-0.1, -0.05) is 60.7 Å². The van der Waals surface area contributed by atoms with Gasteiger partial charge in [-0.2, -0.15) is 0 Å². The van der Waals surface area contributed by atoms with Gasteiger partial charge in [0.15, 0.2) is 0 Å². The highest BCUT2D eigenvalue weighted by Gasteiger charge is 2.23. The normalized spacial score (nSPS) is 13.7. The van der Waals surface area contributed by atoms with E-state index in [2.05, 4.69) is 35.2 Å². The molecule has 0 aliphatic carbocycles. The zero-order chi connectivity index (χ0) is 22.1. The fourth-order valence-corrected chi connectivity index (χ4v) is 4.57. The largest absolute Gasteiger partial charge is 0.477 e. The quantitative estimate of drug-likeness (QED) is 0.402. The van der Waals surface area contributed by atoms with Crippen molar-refractivity contribution in [2.45, 2.75) is 33.2 Å². The Kier molecular flexibility index (Phi) is 5.54. The molecule has 3 aromatic carbocycles. The maximum absolute atomic E-state index is 12.8. The maximum Gasteiger partial charge on any atom is 0.340 e. The van der Waals surface area contributed by atoms with Gasteiger partial charge in [-0.05, 0) is 43.0 Å². The Balaban J connectivity index is 1.47. The van der Waals surface area contributed by atoms with Crippen molar-refractivity contribution >= 4 is 11.0 Å². The molecule has 4 aromatic rings. The third kappa shape index (κ3) is 3.94. The van der Waals surface area contributed by atoms with E-state index >= 15 is 0 Å². The van der Waals surface area contributed by atoms with Gasteiger partial charge in [-0.25, -0.2) is 4.79 Å². The molecule has 2 heterocycles. The molecule has 1 aromatic heterocycles. The van der Waals surface area contributed by atoms with Crippen LogP contribution in [0.15, 0.2) is 75.9 Å². The number of nitrogens with zero attached hydrogens (tertiary/aromatic N) is 1. The van der Waals surface area contributed by atoms with E-state index in [0.29, 0.717) is 18.7 Å². The zero-order valence-electron chi connectivity index (χ0n) is 18.6. The predicted octanol–water partition coefficient (Wildman–Crippen LogP) is 5.40. The second kappa shape index (κ2) is 8.64. The minimum absolute atomic E-state index is 0.262. The first-order valence-corrected chi connectivity index (χ1v) is 11.1. The van der Waals surface area contributed by atoms with Crippen LogP contribution in [0, 0.1) is 13.8 Å². The van der Waals surface area contributed by atoms with Crippen LogP contribution in [0.5, 0.6) is 5.75 Å². The second-order valence-corrected chi connectivity index (χ2v) is 8.58. The molecule has 4 nitrogen and oxygen atoms in total. The second-order valence-electron chi connectivity index (χ2n) is 8.58. The summed E-state index contributed by atoms with van der Waals surface area (Å²) >= 11 is 0. The van der Waals surface area contributed by atoms with Crippen molar-refractivity contribution in [1.82, 2.24) is 4.90 Å². The Morgan fingerprint density at radius 1 is 0.906 bits per heavy atom. The predicted molar refractivity (Wildman–Crippen MR) is 127 cm³/mol. The molecule has 0 saturated carbocycles. The summed E-state index contributed by atoms with van der Waals surface area (Å²) in [6, 6.07) is 22.7. The molecular formula is C28H27NO3.